The Hall–Kier alpha value is -2.52. The average Bonchev–Trinajstić information content (AvgIpc) is 2.85. The molecule has 20 heavy (non-hydrogen) atoms. The van der Waals surface area contributed by atoms with Gasteiger partial charge >= 0.3 is 6.18 Å². The van der Waals surface area contributed by atoms with Crippen molar-refractivity contribution in [1.82, 2.24) is 25.5 Å². The molecule has 1 aromatic heterocycles. The molecule has 0 saturated heterocycles. The van der Waals surface area contributed by atoms with Gasteiger partial charge in [-0.05, 0) is 29.5 Å². The van der Waals surface area contributed by atoms with Crippen LogP contribution >= 0.6 is 0 Å². The van der Waals surface area contributed by atoms with Gasteiger partial charge in [0.25, 0.3) is 11.7 Å². The SMILES string of the molecule is O=C(NCC(F)(F)F)c1nnn(-c2ccc(F)cc2)n1. The quantitative estimate of drug-likeness (QED) is 0.859. The maximum atomic E-state index is 12.7. The van der Waals surface area contributed by atoms with E-state index < -0.39 is 30.3 Å². The summed E-state index contributed by atoms with van der Waals surface area (Å²) >= 11 is 0. The monoisotopic (exact) mass is 289 g/mol. The fourth-order valence-electron chi connectivity index (χ4n) is 1.25. The number of benzene rings is 1. The van der Waals surface area contributed by atoms with Crippen molar-refractivity contribution in [2.24, 2.45) is 0 Å². The Labute approximate surface area is 109 Å². The summed E-state index contributed by atoms with van der Waals surface area (Å²) in [5.74, 6) is -2.09. The molecule has 2 aromatic rings. The third-order valence-corrected chi connectivity index (χ3v) is 2.12. The van der Waals surface area contributed by atoms with Crippen LogP contribution < -0.4 is 5.32 Å². The van der Waals surface area contributed by atoms with Crippen molar-refractivity contribution in [2.45, 2.75) is 6.18 Å². The summed E-state index contributed by atoms with van der Waals surface area (Å²) < 4.78 is 48.5. The van der Waals surface area contributed by atoms with E-state index in [4.69, 9.17) is 0 Å². The highest BCUT2D eigenvalue weighted by Crippen LogP contribution is 2.12. The molecule has 0 atom stereocenters. The van der Waals surface area contributed by atoms with Gasteiger partial charge < -0.3 is 5.32 Å². The summed E-state index contributed by atoms with van der Waals surface area (Å²) in [6, 6.07) is 4.94. The van der Waals surface area contributed by atoms with E-state index in [0.717, 1.165) is 16.9 Å². The Morgan fingerprint density at radius 1 is 1.25 bits per heavy atom. The first kappa shape index (κ1) is 13.9. The van der Waals surface area contributed by atoms with E-state index in [-0.39, 0.29) is 0 Å². The normalized spacial score (nSPS) is 11.4. The van der Waals surface area contributed by atoms with Crippen molar-refractivity contribution in [3.63, 3.8) is 0 Å². The minimum absolute atomic E-state index is 0.314. The molecule has 1 N–H and O–H groups in total. The second-order valence-corrected chi connectivity index (χ2v) is 3.68. The van der Waals surface area contributed by atoms with Gasteiger partial charge in [-0.1, -0.05) is 0 Å². The summed E-state index contributed by atoms with van der Waals surface area (Å²) in [5, 5.41) is 12.0. The number of aromatic nitrogens is 4. The predicted octanol–water partition coefficient (Wildman–Crippen LogP) is 1.09. The topological polar surface area (TPSA) is 72.7 Å². The van der Waals surface area contributed by atoms with Crippen LogP contribution in [0.3, 0.4) is 0 Å². The van der Waals surface area contributed by atoms with Crippen molar-refractivity contribution in [2.75, 3.05) is 6.54 Å². The molecule has 0 fully saturated rings. The highest BCUT2D eigenvalue weighted by atomic mass is 19.4. The van der Waals surface area contributed by atoms with Crippen LogP contribution in [0.4, 0.5) is 17.6 Å². The van der Waals surface area contributed by atoms with E-state index in [1.807, 2.05) is 0 Å². The van der Waals surface area contributed by atoms with Crippen LogP contribution in [0.1, 0.15) is 10.6 Å². The number of amides is 1. The molecule has 1 heterocycles. The largest absolute Gasteiger partial charge is 0.405 e. The van der Waals surface area contributed by atoms with Gasteiger partial charge in [-0.3, -0.25) is 4.79 Å². The van der Waals surface area contributed by atoms with Gasteiger partial charge in [-0.25, -0.2) is 4.39 Å². The molecular weight excluding hydrogens is 282 g/mol. The first-order chi connectivity index (χ1) is 9.35. The van der Waals surface area contributed by atoms with Crippen LogP contribution in [0.2, 0.25) is 0 Å². The molecule has 0 aliphatic heterocycles. The first-order valence-electron chi connectivity index (χ1n) is 5.26. The third kappa shape index (κ3) is 3.49. The van der Waals surface area contributed by atoms with E-state index in [1.54, 1.807) is 5.32 Å². The molecule has 0 bridgehead atoms. The fourth-order valence-corrected chi connectivity index (χ4v) is 1.25. The fraction of sp³-hybridized carbons (Fsp3) is 0.200. The average molecular weight is 289 g/mol. The summed E-state index contributed by atoms with van der Waals surface area (Å²) in [4.78, 5) is 12.2. The number of nitrogens with one attached hydrogen (secondary N) is 1. The molecule has 0 unspecified atom stereocenters. The van der Waals surface area contributed by atoms with Crippen molar-refractivity contribution >= 4 is 5.91 Å². The molecule has 106 valence electrons. The van der Waals surface area contributed by atoms with E-state index >= 15 is 0 Å². The van der Waals surface area contributed by atoms with Crippen LogP contribution in [-0.2, 0) is 0 Å². The number of hydrogen-bond donors (Lipinski definition) is 1. The van der Waals surface area contributed by atoms with Crippen molar-refractivity contribution < 1.29 is 22.4 Å². The number of halogens is 4. The lowest BCUT2D eigenvalue weighted by molar-refractivity contribution is -0.123. The molecule has 2 rings (SSSR count). The molecule has 0 radical (unpaired) electrons. The number of rotatable bonds is 3. The molecule has 1 aromatic carbocycles. The van der Waals surface area contributed by atoms with Crippen LogP contribution in [-0.4, -0.2) is 38.8 Å². The minimum atomic E-state index is -4.53. The van der Waals surface area contributed by atoms with Crippen LogP contribution in [0.15, 0.2) is 24.3 Å². The van der Waals surface area contributed by atoms with Gasteiger partial charge in [0.1, 0.15) is 12.4 Å². The summed E-state index contributed by atoms with van der Waals surface area (Å²) in [6.07, 6.45) is -4.53. The molecule has 0 aliphatic rings. The molecule has 6 nitrogen and oxygen atoms in total. The van der Waals surface area contributed by atoms with Gasteiger partial charge in [-0.15, -0.1) is 15.0 Å². The maximum Gasteiger partial charge on any atom is 0.405 e. The summed E-state index contributed by atoms with van der Waals surface area (Å²) in [6.45, 7) is -1.49. The van der Waals surface area contributed by atoms with Crippen LogP contribution in [0.5, 0.6) is 0 Å². The van der Waals surface area contributed by atoms with E-state index in [2.05, 4.69) is 15.4 Å². The predicted molar refractivity (Wildman–Crippen MR) is 57.5 cm³/mol. The Bertz CT molecular complexity index is 607. The number of nitrogens with zero attached hydrogens (tertiary/aromatic N) is 4. The van der Waals surface area contributed by atoms with Gasteiger partial charge in [-0.2, -0.15) is 13.2 Å². The first-order valence-corrected chi connectivity index (χ1v) is 5.26. The maximum absolute atomic E-state index is 12.7. The second-order valence-electron chi connectivity index (χ2n) is 3.68. The minimum Gasteiger partial charge on any atom is -0.340 e. The highest BCUT2D eigenvalue weighted by molar-refractivity contribution is 5.90. The Kier molecular flexibility index (Phi) is 3.63. The highest BCUT2D eigenvalue weighted by Gasteiger charge is 2.28. The lowest BCUT2D eigenvalue weighted by atomic mass is 10.3. The standard InChI is InChI=1S/C10H7F4N5O/c11-6-1-3-7(4-2-6)19-17-8(16-18-19)9(20)15-5-10(12,13)14/h1-4H,5H2,(H,15,20). The van der Waals surface area contributed by atoms with Gasteiger partial charge in [0.15, 0.2) is 0 Å². The van der Waals surface area contributed by atoms with Crippen molar-refractivity contribution in [3.05, 3.63) is 35.9 Å². The summed E-state index contributed by atoms with van der Waals surface area (Å²) in [7, 11) is 0. The molecule has 1 amide bonds. The zero-order valence-corrected chi connectivity index (χ0v) is 9.73. The zero-order chi connectivity index (χ0) is 14.8. The Morgan fingerprint density at radius 2 is 1.90 bits per heavy atom. The molecule has 0 saturated carbocycles. The van der Waals surface area contributed by atoms with Crippen LogP contribution in [0, 0.1) is 5.82 Å². The van der Waals surface area contributed by atoms with E-state index in [1.165, 1.54) is 12.1 Å². The molecule has 0 aliphatic carbocycles. The van der Waals surface area contributed by atoms with E-state index in [9.17, 15) is 22.4 Å². The Morgan fingerprint density at radius 3 is 2.50 bits per heavy atom. The van der Waals surface area contributed by atoms with Gasteiger partial charge in [0, 0.05) is 0 Å². The lowest BCUT2D eigenvalue weighted by Gasteiger charge is -2.05. The van der Waals surface area contributed by atoms with Crippen LogP contribution in [0.25, 0.3) is 5.69 Å². The number of carbonyl (C=O) groups is 1. The van der Waals surface area contributed by atoms with Gasteiger partial charge in [0.05, 0.1) is 5.69 Å². The smallest absolute Gasteiger partial charge is 0.340 e. The van der Waals surface area contributed by atoms with Gasteiger partial charge in [0.2, 0.25) is 0 Å². The molecule has 10 heteroatoms. The number of tetrazole rings is 1. The lowest BCUT2D eigenvalue weighted by Crippen LogP contribution is -2.34. The number of alkyl halides is 3. The zero-order valence-electron chi connectivity index (χ0n) is 9.73. The Balaban J connectivity index is 2.09. The molecular formula is C10H7F4N5O. The third-order valence-electron chi connectivity index (χ3n) is 2.12. The van der Waals surface area contributed by atoms with Crippen molar-refractivity contribution in [3.8, 4) is 5.69 Å². The summed E-state index contributed by atoms with van der Waals surface area (Å²) in [5.41, 5.74) is 0.314. The van der Waals surface area contributed by atoms with E-state index in [0.29, 0.717) is 5.69 Å². The molecule has 0 spiro atoms. The number of hydrogen-bond acceptors (Lipinski definition) is 4. The second kappa shape index (κ2) is 5.23. The number of carbonyl (C=O) groups excluding carboxylic acids is 1. The van der Waals surface area contributed by atoms with Crippen molar-refractivity contribution in [1.29, 1.82) is 0 Å².